The van der Waals surface area contributed by atoms with Crippen molar-refractivity contribution in [1.82, 2.24) is 15.5 Å². The molecule has 0 saturated heterocycles. The van der Waals surface area contributed by atoms with Crippen molar-refractivity contribution >= 4 is 11.7 Å². The van der Waals surface area contributed by atoms with Crippen LogP contribution >= 0.6 is 0 Å². The molecule has 30 heavy (non-hydrogen) atoms. The SMILES string of the molecule is Cc1ccc(C(=O)NC2CC2)cc1-c1cnc(NC(C)(C)CO)c(-c2ccno2)c1. The van der Waals surface area contributed by atoms with Gasteiger partial charge in [-0.05, 0) is 62.9 Å². The molecule has 1 fully saturated rings. The number of nitrogens with one attached hydrogen (secondary N) is 2. The number of aromatic nitrogens is 2. The van der Waals surface area contributed by atoms with Crippen LogP contribution in [0.5, 0.6) is 0 Å². The molecule has 3 N–H and O–H groups in total. The Labute approximate surface area is 175 Å². The van der Waals surface area contributed by atoms with E-state index in [9.17, 15) is 9.90 Å². The second-order valence-electron chi connectivity index (χ2n) is 8.44. The molecular weight excluding hydrogens is 380 g/mol. The van der Waals surface area contributed by atoms with Crippen LogP contribution in [0.3, 0.4) is 0 Å². The second-order valence-corrected chi connectivity index (χ2v) is 8.44. The van der Waals surface area contributed by atoms with Gasteiger partial charge in [-0.25, -0.2) is 4.98 Å². The normalized spacial score (nSPS) is 13.9. The van der Waals surface area contributed by atoms with E-state index in [1.807, 2.05) is 45.0 Å². The predicted octanol–water partition coefficient (Wildman–Crippen LogP) is 3.79. The van der Waals surface area contributed by atoms with Crippen LogP contribution in [0.1, 0.15) is 42.6 Å². The Kier molecular flexibility index (Phi) is 5.30. The summed E-state index contributed by atoms with van der Waals surface area (Å²) in [5.41, 5.74) is 3.65. The monoisotopic (exact) mass is 406 g/mol. The van der Waals surface area contributed by atoms with E-state index in [4.69, 9.17) is 4.52 Å². The highest BCUT2D eigenvalue weighted by Gasteiger charge is 2.24. The number of hydrogen-bond acceptors (Lipinski definition) is 6. The summed E-state index contributed by atoms with van der Waals surface area (Å²) in [6, 6.07) is 9.74. The zero-order valence-corrected chi connectivity index (χ0v) is 17.4. The molecule has 0 atom stereocenters. The fourth-order valence-corrected chi connectivity index (χ4v) is 3.18. The fraction of sp³-hybridized carbons (Fsp3) is 0.348. The second kappa shape index (κ2) is 7.91. The fourth-order valence-electron chi connectivity index (χ4n) is 3.18. The largest absolute Gasteiger partial charge is 0.394 e. The molecule has 1 amide bonds. The summed E-state index contributed by atoms with van der Waals surface area (Å²) in [7, 11) is 0. The third-order valence-corrected chi connectivity index (χ3v) is 5.17. The third-order valence-electron chi connectivity index (χ3n) is 5.17. The van der Waals surface area contributed by atoms with Crippen molar-refractivity contribution in [2.45, 2.75) is 45.2 Å². The van der Waals surface area contributed by atoms with E-state index >= 15 is 0 Å². The number of nitrogens with zero attached hydrogens (tertiary/aromatic N) is 2. The van der Waals surface area contributed by atoms with Gasteiger partial charge in [-0.15, -0.1) is 0 Å². The number of aliphatic hydroxyl groups excluding tert-OH is 1. The van der Waals surface area contributed by atoms with E-state index in [0.717, 1.165) is 35.1 Å². The number of benzene rings is 1. The smallest absolute Gasteiger partial charge is 0.251 e. The van der Waals surface area contributed by atoms with Crippen molar-refractivity contribution < 1.29 is 14.4 Å². The molecule has 3 aromatic rings. The first-order chi connectivity index (χ1) is 14.4. The molecule has 1 saturated carbocycles. The molecule has 2 heterocycles. The zero-order valence-electron chi connectivity index (χ0n) is 17.4. The van der Waals surface area contributed by atoms with E-state index < -0.39 is 5.54 Å². The van der Waals surface area contributed by atoms with Crippen molar-refractivity contribution in [3.05, 3.63) is 53.9 Å². The maximum Gasteiger partial charge on any atom is 0.251 e. The Morgan fingerprint density at radius 3 is 2.70 bits per heavy atom. The maximum atomic E-state index is 12.5. The van der Waals surface area contributed by atoms with Crippen LogP contribution in [-0.4, -0.2) is 39.3 Å². The highest BCUT2D eigenvalue weighted by atomic mass is 16.5. The summed E-state index contributed by atoms with van der Waals surface area (Å²) >= 11 is 0. The van der Waals surface area contributed by atoms with E-state index in [2.05, 4.69) is 20.8 Å². The highest BCUT2D eigenvalue weighted by Crippen LogP contribution is 2.34. The van der Waals surface area contributed by atoms with Crippen LogP contribution in [0, 0.1) is 6.92 Å². The number of anilines is 1. The molecular formula is C23H26N4O3. The first kappa shape index (κ1) is 20.1. The van der Waals surface area contributed by atoms with Crippen molar-refractivity contribution in [3.8, 4) is 22.5 Å². The molecule has 0 aliphatic heterocycles. The number of amides is 1. The minimum Gasteiger partial charge on any atom is -0.394 e. The molecule has 7 nitrogen and oxygen atoms in total. The lowest BCUT2D eigenvalue weighted by molar-refractivity contribution is 0.0951. The van der Waals surface area contributed by atoms with E-state index in [0.29, 0.717) is 23.2 Å². The van der Waals surface area contributed by atoms with Crippen molar-refractivity contribution in [3.63, 3.8) is 0 Å². The van der Waals surface area contributed by atoms with Crippen LogP contribution in [0.15, 0.2) is 47.2 Å². The van der Waals surface area contributed by atoms with Crippen LogP contribution < -0.4 is 10.6 Å². The van der Waals surface area contributed by atoms with Gasteiger partial charge < -0.3 is 20.3 Å². The molecule has 1 aromatic carbocycles. The van der Waals surface area contributed by atoms with Gasteiger partial charge in [0.2, 0.25) is 0 Å². The Bertz CT molecular complexity index is 1060. The van der Waals surface area contributed by atoms with Crippen LogP contribution in [0.4, 0.5) is 5.82 Å². The number of carbonyl (C=O) groups is 1. The zero-order chi connectivity index (χ0) is 21.3. The Morgan fingerprint density at radius 2 is 2.03 bits per heavy atom. The van der Waals surface area contributed by atoms with Gasteiger partial charge in [0.1, 0.15) is 5.82 Å². The summed E-state index contributed by atoms with van der Waals surface area (Å²) in [5.74, 6) is 1.11. The van der Waals surface area contributed by atoms with Gasteiger partial charge in [0.15, 0.2) is 5.76 Å². The van der Waals surface area contributed by atoms with Gasteiger partial charge in [0.25, 0.3) is 5.91 Å². The Morgan fingerprint density at radius 1 is 1.23 bits per heavy atom. The molecule has 0 bridgehead atoms. The average Bonchev–Trinajstić information content (AvgIpc) is 3.37. The number of aliphatic hydroxyl groups is 1. The molecule has 156 valence electrons. The van der Waals surface area contributed by atoms with E-state index in [1.165, 1.54) is 0 Å². The molecule has 2 aromatic heterocycles. The summed E-state index contributed by atoms with van der Waals surface area (Å²) in [6.07, 6.45) is 5.44. The number of aryl methyl sites for hydroxylation is 1. The number of carbonyl (C=O) groups excluding carboxylic acids is 1. The summed E-state index contributed by atoms with van der Waals surface area (Å²) in [5, 5.41) is 19.7. The van der Waals surface area contributed by atoms with Gasteiger partial charge in [-0.3, -0.25) is 4.79 Å². The van der Waals surface area contributed by atoms with Gasteiger partial charge in [0, 0.05) is 29.4 Å². The first-order valence-electron chi connectivity index (χ1n) is 10.1. The topological polar surface area (TPSA) is 100 Å². The van der Waals surface area contributed by atoms with Crippen LogP contribution in [0.2, 0.25) is 0 Å². The molecule has 4 rings (SSSR count). The molecule has 0 radical (unpaired) electrons. The lowest BCUT2D eigenvalue weighted by atomic mass is 9.97. The average molecular weight is 406 g/mol. The van der Waals surface area contributed by atoms with Crippen LogP contribution in [0.25, 0.3) is 22.5 Å². The number of rotatable bonds is 7. The minimum atomic E-state index is -0.556. The Balaban J connectivity index is 1.74. The lowest BCUT2D eigenvalue weighted by Crippen LogP contribution is -2.35. The van der Waals surface area contributed by atoms with Gasteiger partial charge >= 0.3 is 0 Å². The summed E-state index contributed by atoms with van der Waals surface area (Å²) in [6.45, 7) is 5.73. The quantitative estimate of drug-likeness (QED) is 0.552. The molecule has 1 aliphatic carbocycles. The lowest BCUT2D eigenvalue weighted by Gasteiger charge is -2.25. The van der Waals surface area contributed by atoms with Gasteiger partial charge in [0.05, 0.1) is 23.9 Å². The molecule has 0 unspecified atom stereocenters. The Hall–Kier alpha value is -3.19. The van der Waals surface area contributed by atoms with E-state index in [1.54, 1.807) is 18.5 Å². The predicted molar refractivity (Wildman–Crippen MR) is 115 cm³/mol. The van der Waals surface area contributed by atoms with Crippen LogP contribution in [-0.2, 0) is 0 Å². The maximum absolute atomic E-state index is 12.5. The molecule has 1 aliphatic rings. The highest BCUT2D eigenvalue weighted by molar-refractivity contribution is 5.96. The summed E-state index contributed by atoms with van der Waals surface area (Å²) < 4.78 is 5.39. The van der Waals surface area contributed by atoms with Crippen molar-refractivity contribution in [2.75, 3.05) is 11.9 Å². The minimum absolute atomic E-state index is 0.0508. The first-order valence-corrected chi connectivity index (χ1v) is 10.1. The van der Waals surface area contributed by atoms with Crippen molar-refractivity contribution in [2.24, 2.45) is 0 Å². The van der Waals surface area contributed by atoms with Gasteiger partial charge in [-0.2, -0.15) is 0 Å². The third kappa shape index (κ3) is 4.36. The van der Waals surface area contributed by atoms with Gasteiger partial charge in [-0.1, -0.05) is 11.2 Å². The number of pyridine rings is 1. The summed E-state index contributed by atoms with van der Waals surface area (Å²) in [4.78, 5) is 17.1. The molecule has 0 spiro atoms. The van der Waals surface area contributed by atoms with E-state index in [-0.39, 0.29) is 12.5 Å². The molecule has 7 heteroatoms. The van der Waals surface area contributed by atoms with Crippen molar-refractivity contribution in [1.29, 1.82) is 0 Å². The standard InChI is InChI=1S/C23H26N4O3/c1-14-4-5-15(22(29)26-17-6-7-17)10-18(14)16-11-19(20-8-9-25-30-20)21(24-12-16)27-23(2,3)13-28/h4-5,8-12,17,28H,6-7,13H2,1-3H3,(H,24,27)(H,26,29). The number of hydrogen-bond donors (Lipinski definition) is 3.